The van der Waals surface area contributed by atoms with Crippen LogP contribution in [0, 0.1) is 0 Å². The lowest BCUT2D eigenvalue weighted by atomic mass is 10.1. The van der Waals surface area contributed by atoms with E-state index in [9.17, 15) is 4.79 Å². The number of nitrogens with zero attached hydrogens (tertiary/aromatic N) is 3. The van der Waals surface area contributed by atoms with Crippen molar-refractivity contribution in [2.75, 3.05) is 59.0 Å². The molecular weight excluding hydrogens is 366 g/mol. The van der Waals surface area contributed by atoms with Gasteiger partial charge in [-0.3, -0.25) is 14.6 Å². The van der Waals surface area contributed by atoms with Crippen LogP contribution in [-0.2, 0) is 11.3 Å². The minimum Gasteiger partial charge on any atom is -0.489 e. The van der Waals surface area contributed by atoms with Crippen molar-refractivity contribution in [3.63, 3.8) is 0 Å². The molecule has 2 saturated heterocycles. The second-order valence-electron chi connectivity index (χ2n) is 7.60. The summed E-state index contributed by atoms with van der Waals surface area (Å²) < 4.78 is 11.5. The van der Waals surface area contributed by atoms with Gasteiger partial charge >= 0.3 is 0 Å². The molecule has 1 aromatic rings. The number of ether oxygens (including phenoxy) is 2. The van der Waals surface area contributed by atoms with Gasteiger partial charge in [-0.05, 0) is 30.5 Å². The first-order valence-electron chi connectivity index (χ1n) is 9.99. The molecule has 0 unspecified atom stereocenters. The topological polar surface area (TPSA) is 45.3 Å². The summed E-state index contributed by atoms with van der Waals surface area (Å²) in [5.74, 6) is 1.71. The highest BCUT2D eigenvalue weighted by Gasteiger charge is 2.24. The van der Waals surface area contributed by atoms with Crippen LogP contribution in [0.15, 0.2) is 12.1 Å². The molecule has 0 aliphatic carbocycles. The lowest BCUT2D eigenvalue weighted by molar-refractivity contribution is -0.131. The lowest BCUT2D eigenvalue weighted by Gasteiger charge is -2.35. The summed E-state index contributed by atoms with van der Waals surface area (Å²) in [6.45, 7) is 8.34. The van der Waals surface area contributed by atoms with Crippen LogP contribution in [-0.4, -0.2) is 79.6 Å². The van der Waals surface area contributed by atoms with E-state index >= 15 is 0 Å². The number of hydrogen-bond acceptors (Lipinski definition) is 5. The van der Waals surface area contributed by atoms with Crippen molar-refractivity contribution in [1.82, 2.24) is 14.7 Å². The molecule has 27 heavy (non-hydrogen) atoms. The van der Waals surface area contributed by atoms with Crippen molar-refractivity contribution in [3.05, 3.63) is 22.7 Å². The zero-order valence-electron chi connectivity index (χ0n) is 15.8. The quantitative estimate of drug-likeness (QED) is 0.785. The predicted octanol–water partition coefficient (Wildman–Crippen LogP) is 2.24. The number of fused-ring (bicyclic) bond motifs is 1. The first-order valence-corrected chi connectivity index (χ1v) is 10.4. The Bertz CT molecular complexity index is 671. The Hall–Kier alpha value is -1.50. The third-order valence-corrected chi connectivity index (χ3v) is 5.83. The number of amides is 1. The molecule has 6 nitrogen and oxygen atoms in total. The third-order valence-electron chi connectivity index (χ3n) is 5.55. The predicted molar refractivity (Wildman–Crippen MR) is 105 cm³/mol. The molecule has 3 aliphatic rings. The molecular formula is C20H28ClN3O3. The largest absolute Gasteiger partial charge is 0.489 e. The lowest BCUT2D eigenvalue weighted by Crippen LogP contribution is -2.49. The average Bonchev–Trinajstić information content (AvgIpc) is 3.10. The molecule has 148 valence electrons. The van der Waals surface area contributed by atoms with Crippen LogP contribution in [0.2, 0.25) is 5.02 Å². The average molecular weight is 394 g/mol. The van der Waals surface area contributed by atoms with E-state index in [-0.39, 0.29) is 5.91 Å². The Morgan fingerprint density at radius 3 is 2.41 bits per heavy atom. The van der Waals surface area contributed by atoms with Crippen LogP contribution in [0.4, 0.5) is 0 Å². The van der Waals surface area contributed by atoms with Gasteiger partial charge in [-0.1, -0.05) is 11.6 Å². The fourth-order valence-electron chi connectivity index (χ4n) is 4.00. The van der Waals surface area contributed by atoms with Crippen LogP contribution < -0.4 is 9.47 Å². The number of hydrogen-bond donors (Lipinski definition) is 0. The van der Waals surface area contributed by atoms with Crippen molar-refractivity contribution in [3.8, 4) is 11.5 Å². The fraction of sp³-hybridized carbons (Fsp3) is 0.650. The van der Waals surface area contributed by atoms with E-state index in [2.05, 4.69) is 15.9 Å². The van der Waals surface area contributed by atoms with Crippen LogP contribution in [0.1, 0.15) is 24.8 Å². The SMILES string of the molecule is O=C(CN1CCN(Cc2cc(Cl)c3c(c2)OCCCO3)CC1)N1CCCC1. The summed E-state index contributed by atoms with van der Waals surface area (Å²) in [6, 6.07) is 4.04. The Morgan fingerprint density at radius 1 is 0.926 bits per heavy atom. The van der Waals surface area contributed by atoms with Crippen LogP contribution in [0.5, 0.6) is 11.5 Å². The molecule has 0 saturated carbocycles. The van der Waals surface area contributed by atoms with Gasteiger partial charge in [0.1, 0.15) is 0 Å². The smallest absolute Gasteiger partial charge is 0.236 e. The molecule has 1 aromatic carbocycles. The fourth-order valence-corrected chi connectivity index (χ4v) is 4.28. The zero-order chi connectivity index (χ0) is 18.6. The van der Waals surface area contributed by atoms with Crippen LogP contribution in [0.25, 0.3) is 0 Å². The van der Waals surface area contributed by atoms with Gasteiger partial charge in [-0.2, -0.15) is 0 Å². The number of benzene rings is 1. The highest BCUT2D eigenvalue weighted by molar-refractivity contribution is 6.32. The van der Waals surface area contributed by atoms with Gasteiger partial charge in [0.05, 0.1) is 24.8 Å². The molecule has 3 heterocycles. The van der Waals surface area contributed by atoms with Crippen molar-refractivity contribution < 1.29 is 14.3 Å². The van der Waals surface area contributed by atoms with Gasteiger partial charge in [0.2, 0.25) is 5.91 Å². The molecule has 4 rings (SSSR count). The van der Waals surface area contributed by atoms with Crippen molar-refractivity contribution in [1.29, 1.82) is 0 Å². The first kappa shape index (κ1) is 18.8. The first-order chi connectivity index (χ1) is 13.2. The number of halogens is 1. The van der Waals surface area contributed by atoms with Gasteiger partial charge in [0.25, 0.3) is 0 Å². The van der Waals surface area contributed by atoms with E-state index in [0.717, 1.165) is 76.4 Å². The summed E-state index contributed by atoms with van der Waals surface area (Å²) in [6.07, 6.45) is 3.17. The standard InChI is InChI=1S/C20H28ClN3O3/c21-17-12-16(13-18-20(17)27-11-3-10-26-18)14-22-6-8-23(9-7-22)15-19(25)24-4-1-2-5-24/h12-13H,1-11,14-15H2. The van der Waals surface area contributed by atoms with E-state index in [0.29, 0.717) is 30.5 Å². The molecule has 0 bridgehead atoms. The van der Waals surface area contributed by atoms with Crippen molar-refractivity contribution >= 4 is 17.5 Å². The molecule has 1 amide bonds. The maximum atomic E-state index is 12.3. The minimum absolute atomic E-state index is 0.288. The second kappa shape index (κ2) is 8.67. The van der Waals surface area contributed by atoms with Gasteiger partial charge in [0.15, 0.2) is 11.5 Å². The van der Waals surface area contributed by atoms with Gasteiger partial charge < -0.3 is 14.4 Å². The van der Waals surface area contributed by atoms with E-state index in [4.69, 9.17) is 21.1 Å². The van der Waals surface area contributed by atoms with Gasteiger partial charge in [0, 0.05) is 52.2 Å². The zero-order valence-corrected chi connectivity index (χ0v) is 16.5. The highest BCUT2D eigenvalue weighted by Crippen LogP contribution is 2.38. The molecule has 7 heteroatoms. The molecule has 2 fully saturated rings. The van der Waals surface area contributed by atoms with E-state index < -0.39 is 0 Å². The number of likely N-dealkylation sites (tertiary alicyclic amines) is 1. The number of carbonyl (C=O) groups excluding carboxylic acids is 1. The highest BCUT2D eigenvalue weighted by atomic mass is 35.5. The Balaban J connectivity index is 1.29. The summed E-state index contributed by atoms with van der Waals surface area (Å²) in [4.78, 5) is 19.0. The molecule has 3 aliphatic heterocycles. The van der Waals surface area contributed by atoms with E-state index in [1.807, 2.05) is 11.0 Å². The summed E-state index contributed by atoms with van der Waals surface area (Å²) >= 11 is 6.41. The van der Waals surface area contributed by atoms with Crippen molar-refractivity contribution in [2.45, 2.75) is 25.8 Å². The van der Waals surface area contributed by atoms with E-state index in [1.54, 1.807) is 0 Å². The maximum Gasteiger partial charge on any atom is 0.236 e. The molecule has 0 atom stereocenters. The maximum absolute atomic E-state index is 12.3. The Kier molecular flexibility index (Phi) is 6.05. The van der Waals surface area contributed by atoms with Crippen LogP contribution >= 0.6 is 11.6 Å². The second-order valence-corrected chi connectivity index (χ2v) is 8.00. The Morgan fingerprint density at radius 2 is 1.63 bits per heavy atom. The number of rotatable bonds is 4. The molecule has 0 N–H and O–H groups in total. The van der Waals surface area contributed by atoms with Gasteiger partial charge in [-0.25, -0.2) is 0 Å². The summed E-state index contributed by atoms with van der Waals surface area (Å²) in [5.41, 5.74) is 1.14. The minimum atomic E-state index is 0.288. The van der Waals surface area contributed by atoms with Crippen molar-refractivity contribution in [2.24, 2.45) is 0 Å². The van der Waals surface area contributed by atoms with Gasteiger partial charge in [-0.15, -0.1) is 0 Å². The monoisotopic (exact) mass is 393 g/mol. The van der Waals surface area contributed by atoms with Crippen LogP contribution in [0.3, 0.4) is 0 Å². The number of piperazine rings is 1. The summed E-state index contributed by atoms with van der Waals surface area (Å²) in [7, 11) is 0. The molecule has 0 spiro atoms. The molecule has 0 aromatic heterocycles. The van der Waals surface area contributed by atoms with E-state index in [1.165, 1.54) is 0 Å². The normalized spacial score (nSPS) is 21.3. The summed E-state index contributed by atoms with van der Waals surface area (Å²) in [5, 5.41) is 0.624. The third kappa shape index (κ3) is 4.68. The molecule has 0 radical (unpaired) electrons. The number of carbonyl (C=O) groups is 1. The Labute approximate surface area is 165 Å².